The number of hydrogen-bond donors (Lipinski definition) is 0. The molecule has 42 atom stereocenters. The van der Waals surface area contributed by atoms with E-state index in [0.29, 0.717) is 10.8 Å². The van der Waals surface area contributed by atoms with E-state index in [9.17, 15) is 0 Å². The van der Waals surface area contributed by atoms with Crippen LogP contribution in [0.3, 0.4) is 0 Å². The van der Waals surface area contributed by atoms with Crippen molar-refractivity contribution in [2.75, 3.05) is 6.54 Å². The van der Waals surface area contributed by atoms with E-state index in [2.05, 4.69) is 79.5 Å². The van der Waals surface area contributed by atoms with Crippen LogP contribution in [0.5, 0.6) is 0 Å². The van der Waals surface area contributed by atoms with E-state index in [4.69, 9.17) is 0 Å². The molecule has 0 N–H and O–H groups in total. The first-order valence-corrected chi connectivity index (χ1v) is 58.3. The quantitative estimate of drug-likeness (QED) is 0.141. The molecule has 1 heteroatoms. The Hall–Kier alpha value is -1.60. The van der Waals surface area contributed by atoms with Crippen LogP contribution in [-0.4, -0.2) is 23.5 Å². The fourth-order valence-electron chi connectivity index (χ4n) is 47.6. The van der Waals surface area contributed by atoms with Crippen molar-refractivity contribution in [1.82, 2.24) is 4.90 Å². The third-order valence-electron chi connectivity index (χ3n) is 50.4. The van der Waals surface area contributed by atoms with Gasteiger partial charge in [-0.05, 0) is 516 Å². The molecule has 0 radical (unpaired) electrons. The number of fused-ring (bicyclic) bond motifs is 34. The standard InChI is InChI=1S/C121H183N/c1-3-77(78-30-6-5-7-31-78)32-28-70-122(85(4-2)33-26-29-76-54-63-97-94-40-14-23-51-111(94)119(114(97)71-76)105-45-17-8-34-88(105)89-35-9-18-46-106(89)119)117-69-68-86(87-43-27-44-100(87)117)79-55-57-80(58-56-79)118-101-66-61-81(83-59-64-98-95-41-15-24-52-112(95)120(115(98)74-83)107-47-19-10-36-90(107)91-37-11-20-48-108(91)120)72-103(101)104-73-82(62-67-102(104)118)84-60-65-99-96-42-16-25-53-113(96)121(116(99)75-84)109-49-21-12-38-92(109)93-39-13-22-50-110(93)121/h8,10,17,19,24,36,47,52,55,57,76-89,91-106,108-118H,3-7,9,11-16,18,20-23,25-35,37-46,48-51,53-54,56,58-75H2,1-2H3. The van der Waals surface area contributed by atoms with Gasteiger partial charge in [0.05, 0.1) is 0 Å². The van der Waals surface area contributed by atoms with Gasteiger partial charge in [-0.3, -0.25) is 4.90 Å². The van der Waals surface area contributed by atoms with Crippen LogP contribution in [0, 0.1) is 236 Å². The van der Waals surface area contributed by atoms with Gasteiger partial charge in [0, 0.05) is 17.5 Å². The fraction of sp³-hybridized carbons (Fsp3) is 0.901. The SMILES string of the molecule is CCC(CCCN(C(CC)CCCC1CCC2C3CCCCC3C3(C4CC=CCC4C4CCCCC43)C2C1)C1CCC(C2C=CC(C3C4CCC(C5CCC6C7CCC=CC7C7(c8ccccc8C8CCCCC87)C6C5)CC4C4CC(C5CCC6C7CCCCC7C7(C8CCCCC8C8CCCCC87)C6C5)CCC43)CC2)C2CCCC21)C1CCCCC1. The molecule has 25 rings (SSSR count). The normalized spacial score (nSPS) is 52.9. The highest BCUT2D eigenvalue weighted by Crippen LogP contribution is 2.82. The first-order chi connectivity index (χ1) is 60.4. The molecule has 24 aliphatic carbocycles. The van der Waals surface area contributed by atoms with E-state index in [0.717, 1.165) is 248 Å². The van der Waals surface area contributed by atoms with Crippen molar-refractivity contribution in [2.24, 2.45) is 236 Å². The summed E-state index contributed by atoms with van der Waals surface area (Å²) in [7, 11) is 0. The minimum atomic E-state index is 0.420. The molecule has 0 heterocycles. The third-order valence-corrected chi connectivity index (χ3v) is 50.4. The maximum Gasteiger partial charge on any atom is 0.0129 e. The van der Waals surface area contributed by atoms with Gasteiger partial charge in [0.15, 0.2) is 0 Å². The molecule has 1 nitrogen and oxygen atoms in total. The minimum absolute atomic E-state index is 0.420. The molecular formula is C121H183N. The van der Waals surface area contributed by atoms with Crippen molar-refractivity contribution >= 4 is 0 Å². The molecule has 0 aromatic heterocycles. The van der Waals surface area contributed by atoms with E-state index in [1.54, 1.807) is 276 Å². The molecule has 0 amide bonds. The number of nitrogens with zero attached hydrogens (tertiary/aromatic N) is 1. The predicted octanol–water partition coefficient (Wildman–Crippen LogP) is 32.7. The summed E-state index contributed by atoms with van der Waals surface area (Å²) in [5.41, 5.74) is 5.66. The smallest absolute Gasteiger partial charge is 0.0129 e. The van der Waals surface area contributed by atoms with Gasteiger partial charge >= 0.3 is 0 Å². The Morgan fingerprint density at radius 3 is 1.50 bits per heavy atom. The maximum absolute atomic E-state index is 3.43. The van der Waals surface area contributed by atoms with E-state index < -0.39 is 0 Å². The molecule has 20 saturated carbocycles. The zero-order valence-electron chi connectivity index (χ0n) is 78.9. The Kier molecular flexibility index (Phi) is 23.0. The average Bonchev–Trinajstić information content (AvgIpc) is 1.52. The molecule has 1 aromatic carbocycles. The highest BCUT2D eigenvalue weighted by molar-refractivity contribution is 5.50. The van der Waals surface area contributed by atoms with Crippen LogP contribution in [0.25, 0.3) is 0 Å². The number of rotatable bonds is 17. The summed E-state index contributed by atoms with van der Waals surface area (Å²) < 4.78 is 0. The fourth-order valence-corrected chi connectivity index (χ4v) is 47.6. The largest absolute Gasteiger partial charge is 0.297 e. The van der Waals surface area contributed by atoms with Crippen molar-refractivity contribution in [3.63, 3.8) is 0 Å². The Morgan fingerprint density at radius 1 is 0.336 bits per heavy atom. The highest BCUT2D eigenvalue weighted by atomic mass is 15.2. The van der Waals surface area contributed by atoms with Crippen molar-refractivity contribution < 1.29 is 0 Å². The van der Waals surface area contributed by atoms with Crippen molar-refractivity contribution in [3.8, 4) is 0 Å². The van der Waals surface area contributed by atoms with Crippen LogP contribution in [0.4, 0.5) is 0 Å². The third kappa shape index (κ3) is 12.9. The van der Waals surface area contributed by atoms with Crippen molar-refractivity contribution in [1.29, 1.82) is 0 Å². The van der Waals surface area contributed by atoms with Gasteiger partial charge in [-0.1, -0.05) is 216 Å². The zero-order chi connectivity index (χ0) is 80.5. The van der Waals surface area contributed by atoms with E-state index >= 15 is 0 Å². The average molecular weight is 1650 g/mol. The lowest BCUT2D eigenvalue weighted by Gasteiger charge is -2.53. The van der Waals surface area contributed by atoms with Crippen LogP contribution in [0.15, 0.2) is 60.7 Å². The molecule has 0 bridgehead atoms. The van der Waals surface area contributed by atoms with Crippen molar-refractivity contribution in [3.05, 3.63) is 71.8 Å². The molecule has 1 aromatic rings. The Labute approximate surface area is 749 Å². The second-order valence-corrected chi connectivity index (χ2v) is 52.5. The van der Waals surface area contributed by atoms with Crippen LogP contribution in [-0.2, 0) is 5.41 Å². The number of hydrogen-bond acceptors (Lipinski definition) is 1. The summed E-state index contributed by atoms with van der Waals surface area (Å²) in [6, 6.07) is 12.1. The van der Waals surface area contributed by atoms with Crippen LogP contribution in [0.2, 0.25) is 0 Å². The number of benzene rings is 1. The molecule has 3 spiro atoms. The van der Waals surface area contributed by atoms with Crippen LogP contribution >= 0.6 is 0 Å². The summed E-state index contributed by atoms with van der Waals surface area (Å²) >= 11 is 0. The van der Waals surface area contributed by atoms with E-state index in [1.165, 1.54) is 129 Å². The molecular weight excluding hydrogens is 1470 g/mol. The zero-order valence-corrected chi connectivity index (χ0v) is 78.9. The molecule has 122 heavy (non-hydrogen) atoms. The van der Waals surface area contributed by atoms with Crippen LogP contribution < -0.4 is 0 Å². The maximum atomic E-state index is 3.43. The minimum Gasteiger partial charge on any atom is -0.297 e. The van der Waals surface area contributed by atoms with Crippen molar-refractivity contribution in [2.45, 2.75) is 435 Å². The monoisotopic (exact) mass is 1650 g/mol. The Morgan fingerprint density at radius 2 is 0.852 bits per heavy atom. The molecule has 672 valence electrons. The summed E-state index contributed by atoms with van der Waals surface area (Å²) in [5.74, 6) is 39.7. The second kappa shape index (κ2) is 34.1. The second-order valence-electron chi connectivity index (χ2n) is 52.5. The first kappa shape index (κ1) is 82.3. The van der Waals surface area contributed by atoms with E-state index in [1.807, 2.05) is 11.1 Å². The molecule has 24 aliphatic rings. The predicted molar refractivity (Wildman–Crippen MR) is 508 cm³/mol. The first-order valence-electron chi connectivity index (χ1n) is 58.3. The van der Waals surface area contributed by atoms with E-state index in [-0.39, 0.29) is 0 Å². The van der Waals surface area contributed by atoms with Crippen LogP contribution in [0.1, 0.15) is 429 Å². The summed E-state index contributed by atoms with van der Waals surface area (Å²) in [6.45, 7) is 6.73. The topological polar surface area (TPSA) is 3.24 Å². The molecule has 20 fully saturated rings. The molecule has 0 aliphatic heterocycles. The van der Waals surface area contributed by atoms with Gasteiger partial charge in [-0.2, -0.15) is 0 Å². The van der Waals surface area contributed by atoms with Gasteiger partial charge in [0.1, 0.15) is 0 Å². The summed E-state index contributed by atoms with van der Waals surface area (Å²) in [5, 5.41) is 0. The lowest BCUT2D eigenvalue weighted by Crippen LogP contribution is -2.52. The van der Waals surface area contributed by atoms with Gasteiger partial charge in [-0.25, -0.2) is 0 Å². The lowest BCUT2D eigenvalue weighted by atomic mass is 9.51. The lowest BCUT2D eigenvalue weighted by molar-refractivity contribution is -0.0508. The summed E-state index contributed by atoms with van der Waals surface area (Å²) in [4.78, 5) is 3.43. The van der Waals surface area contributed by atoms with Gasteiger partial charge in [0.25, 0.3) is 0 Å². The summed E-state index contributed by atoms with van der Waals surface area (Å²) in [6.07, 6.45) is 115. The Bertz CT molecular complexity index is 3800. The van der Waals surface area contributed by atoms with Gasteiger partial charge in [-0.15, -0.1) is 0 Å². The highest BCUT2D eigenvalue weighted by Gasteiger charge is 2.75. The molecule has 0 saturated heterocycles. The Balaban J connectivity index is 0.478. The molecule has 42 unspecified atom stereocenters. The van der Waals surface area contributed by atoms with Gasteiger partial charge in [0.2, 0.25) is 0 Å². The van der Waals surface area contributed by atoms with Gasteiger partial charge < -0.3 is 0 Å². The number of allylic oxidation sites excluding steroid dienone is 6.